The lowest BCUT2D eigenvalue weighted by molar-refractivity contribution is 0.0512. The Bertz CT molecular complexity index is 1350. The molecular formula is C33H43IN4O5. The van der Waals surface area contributed by atoms with Crippen LogP contribution in [0.3, 0.4) is 0 Å². The highest BCUT2D eigenvalue weighted by atomic mass is 127. The van der Waals surface area contributed by atoms with Crippen molar-refractivity contribution < 1.29 is 23.8 Å². The van der Waals surface area contributed by atoms with E-state index >= 15 is 0 Å². The molecular weight excluding hydrogens is 659 g/mol. The Labute approximate surface area is 268 Å². The Balaban J connectivity index is 0.000000271. The largest absolute Gasteiger partial charge is 0.490 e. The number of carbonyl (C=O) groups excluding carboxylic acids is 2. The Hall–Kier alpha value is -3.38. The third-order valence-corrected chi connectivity index (χ3v) is 6.58. The second-order valence-electron chi connectivity index (χ2n) is 12.2. The molecule has 0 aliphatic carbocycles. The van der Waals surface area contributed by atoms with E-state index in [2.05, 4.69) is 43.5 Å². The number of nitrogens with one attached hydrogen (secondary N) is 3. The minimum Gasteiger partial charge on any atom is -0.490 e. The molecule has 1 aliphatic heterocycles. The zero-order chi connectivity index (χ0) is 31.5. The SMILES string of the molecule is CC(C)(C)OC(=O)NCc1cccc(-c2cncc(OC[C@@H]3CCN3)c2)c1.CC(C)(C)OC(=O)NCc1cccc(I)c1. The first-order valence-electron chi connectivity index (χ1n) is 14.3. The van der Waals surface area contributed by atoms with Crippen LogP contribution >= 0.6 is 22.6 Å². The van der Waals surface area contributed by atoms with Gasteiger partial charge in [-0.3, -0.25) is 4.98 Å². The zero-order valence-corrected chi connectivity index (χ0v) is 28.0. The van der Waals surface area contributed by atoms with Gasteiger partial charge in [-0.2, -0.15) is 0 Å². The summed E-state index contributed by atoms with van der Waals surface area (Å²) in [4.78, 5) is 27.5. The first kappa shape index (κ1) is 34.1. The summed E-state index contributed by atoms with van der Waals surface area (Å²) in [7, 11) is 0. The molecule has 0 radical (unpaired) electrons. The van der Waals surface area contributed by atoms with Gasteiger partial charge in [0.2, 0.25) is 0 Å². The van der Waals surface area contributed by atoms with Crippen LogP contribution in [0.25, 0.3) is 11.1 Å². The number of pyridine rings is 1. The standard InChI is InChI=1S/C21H27N3O3.C12H16INO2/c1-21(2,3)27-20(25)24-11-15-5-4-6-16(9-15)17-10-19(13-22-12-17)26-14-18-7-8-23-18;1-12(2,3)16-11(15)14-8-9-5-4-6-10(13)7-9/h4-6,9-10,12-13,18,23H,7-8,11,14H2,1-3H3,(H,24,25);4-7H,8H2,1-3H3,(H,14,15)/t18-;/m0./s1. The highest BCUT2D eigenvalue weighted by Crippen LogP contribution is 2.24. The molecule has 1 atom stereocenters. The lowest BCUT2D eigenvalue weighted by Gasteiger charge is -2.27. The van der Waals surface area contributed by atoms with E-state index in [0.29, 0.717) is 25.7 Å². The predicted octanol–water partition coefficient (Wildman–Crippen LogP) is 6.83. The van der Waals surface area contributed by atoms with Crippen LogP contribution in [0.15, 0.2) is 67.0 Å². The third-order valence-electron chi connectivity index (χ3n) is 5.91. The molecule has 0 spiro atoms. The van der Waals surface area contributed by atoms with Crippen molar-refractivity contribution in [2.24, 2.45) is 0 Å². The summed E-state index contributed by atoms with van der Waals surface area (Å²) in [6, 6.07) is 18.4. The average molecular weight is 703 g/mol. The topological polar surface area (TPSA) is 111 Å². The molecule has 2 amide bonds. The van der Waals surface area contributed by atoms with E-state index in [1.54, 1.807) is 6.20 Å². The average Bonchev–Trinajstić information content (AvgIpc) is 2.89. The maximum Gasteiger partial charge on any atom is 0.407 e. The summed E-state index contributed by atoms with van der Waals surface area (Å²) in [6.07, 6.45) is 3.89. The first-order chi connectivity index (χ1) is 20.3. The highest BCUT2D eigenvalue weighted by molar-refractivity contribution is 14.1. The monoisotopic (exact) mass is 702 g/mol. The molecule has 3 N–H and O–H groups in total. The number of amides is 2. The van der Waals surface area contributed by atoms with E-state index in [4.69, 9.17) is 14.2 Å². The normalized spacial score (nSPS) is 14.3. The number of hydrogen-bond acceptors (Lipinski definition) is 7. The molecule has 1 aromatic heterocycles. The number of halogens is 1. The third kappa shape index (κ3) is 13.6. The van der Waals surface area contributed by atoms with Crippen molar-refractivity contribution in [2.45, 2.75) is 78.3 Å². The highest BCUT2D eigenvalue weighted by Gasteiger charge is 2.18. The fourth-order valence-corrected chi connectivity index (χ4v) is 4.44. The van der Waals surface area contributed by atoms with Gasteiger partial charge in [0.05, 0.1) is 6.20 Å². The van der Waals surface area contributed by atoms with Gasteiger partial charge in [0.25, 0.3) is 0 Å². The van der Waals surface area contributed by atoms with E-state index in [1.165, 1.54) is 0 Å². The van der Waals surface area contributed by atoms with Crippen molar-refractivity contribution in [1.82, 2.24) is 20.9 Å². The summed E-state index contributed by atoms with van der Waals surface area (Å²) < 4.78 is 17.4. The number of hydrogen-bond donors (Lipinski definition) is 3. The summed E-state index contributed by atoms with van der Waals surface area (Å²) >= 11 is 2.24. The summed E-state index contributed by atoms with van der Waals surface area (Å²) in [5, 5.41) is 8.82. The van der Waals surface area contributed by atoms with Crippen molar-refractivity contribution in [2.75, 3.05) is 13.2 Å². The molecule has 4 rings (SSSR count). The Morgan fingerprint density at radius 2 is 1.44 bits per heavy atom. The van der Waals surface area contributed by atoms with Gasteiger partial charge in [0.15, 0.2) is 0 Å². The number of rotatable bonds is 8. The number of nitrogens with zero attached hydrogens (tertiary/aromatic N) is 1. The van der Waals surface area contributed by atoms with Crippen molar-refractivity contribution in [1.29, 1.82) is 0 Å². The fourth-order valence-electron chi connectivity index (χ4n) is 3.83. The van der Waals surface area contributed by atoms with Crippen LogP contribution in [-0.2, 0) is 22.6 Å². The van der Waals surface area contributed by atoms with E-state index in [1.807, 2.05) is 102 Å². The maximum atomic E-state index is 11.8. The second-order valence-corrected chi connectivity index (χ2v) is 13.4. The van der Waals surface area contributed by atoms with Gasteiger partial charge in [-0.1, -0.05) is 30.3 Å². The first-order valence-corrected chi connectivity index (χ1v) is 15.4. The lowest BCUT2D eigenvalue weighted by atomic mass is 10.0. The van der Waals surface area contributed by atoms with Gasteiger partial charge >= 0.3 is 12.2 Å². The molecule has 3 aromatic rings. The second kappa shape index (κ2) is 15.9. The van der Waals surface area contributed by atoms with Crippen molar-refractivity contribution in [3.63, 3.8) is 0 Å². The molecule has 43 heavy (non-hydrogen) atoms. The smallest absolute Gasteiger partial charge is 0.407 e. The Kier molecular flexibility index (Phi) is 12.6. The van der Waals surface area contributed by atoms with Gasteiger partial charge in [0.1, 0.15) is 23.6 Å². The molecule has 9 nitrogen and oxygen atoms in total. The maximum absolute atomic E-state index is 11.8. The molecule has 0 saturated carbocycles. The van der Waals surface area contributed by atoms with Crippen LogP contribution in [0.2, 0.25) is 0 Å². The van der Waals surface area contributed by atoms with Crippen molar-refractivity contribution >= 4 is 34.8 Å². The summed E-state index contributed by atoms with van der Waals surface area (Å²) in [5.41, 5.74) is 3.11. The molecule has 1 fully saturated rings. The molecule has 2 aromatic carbocycles. The van der Waals surface area contributed by atoms with Crippen molar-refractivity contribution in [3.8, 4) is 16.9 Å². The fraction of sp³-hybridized carbons (Fsp3) is 0.424. The van der Waals surface area contributed by atoms with E-state index in [-0.39, 0.29) is 6.09 Å². The summed E-state index contributed by atoms with van der Waals surface area (Å²) in [6.45, 7) is 13.7. The van der Waals surface area contributed by atoms with E-state index < -0.39 is 17.3 Å². The predicted molar refractivity (Wildman–Crippen MR) is 177 cm³/mol. The molecule has 10 heteroatoms. The van der Waals surface area contributed by atoms with Gasteiger partial charge in [-0.05, 0) is 118 Å². The molecule has 1 saturated heterocycles. The van der Waals surface area contributed by atoms with E-state index in [0.717, 1.165) is 44.5 Å². The van der Waals surface area contributed by atoms with Crippen molar-refractivity contribution in [3.05, 3.63) is 81.7 Å². The molecule has 232 valence electrons. The number of alkyl carbamates (subject to hydrolysis) is 2. The number of carbonyl (C=O) groups is 2. The van der Waals surface area contributed by atoms with Crippen LogP contribution in [-0.4, -0.2) is 47.6 Å². The number of aromatic nitrogens is 1. The summed E-state index contributed by atoms with van der Waals surface area (Å²) in [5.74, 6) is 0.762. The van der Waals surface area contributed by atoms with Crippen LogP contribution < -0.4 is 20.7 Å². The van der Waals surface area contributed by atoms with E-state index in [9.17, 15) is 9.59 Å². The molecule has 0 bridgehead atoms. The quantitative estimate of drug-likeness (QED) is 0.221. The van der Waals surface area contributed by atoms with Crippen LogP contribution in [0.5, 0.6) is 5.75 Å². The number of ether oxygens (including phenoxy) is 3. The zero-order valence-electron chi connectivity index (χ0n) is 25.8. The Morgan fingerprint density at radius 3 is 1.98 bits per heavy atom. The minimum absolute atomic E-state index is 0.383. The van der Waals surface area contributed by atoms with Gasteiger partial charge in [-0.25, -0.2) is 9.59 Å². The van der Waals surface area contributed by atoms with Gasteiger partial charge < -0.3 is 30.2 Å². The molecule has 1 aliphatic rings. The van der Waals surface area contributed by atoms with Crippen LogP contribution in [0.1, 0.15) is 59.1 Å². The lowest BCUT2D eigenvalue weighted by Crippen LogP contribution is -2.46. The van der Waals surface area contributed by atoms with Gasteiger partial charge in [0, 0.05) is 34.5 Å². The van der Waals surface area contributed by atoms with Crippen LogP contribution in [0.4, 0.5) is 9.59 Å². The van der Waals surface area contributed by atoms with Gasteiger partial charge in [-0.15, -0.1) is 0 Å². The van der Waals surface area contributed by atoms with Crippen LogP contribution in [0, 0.1) is 3.57 Å². The molecule has 0 unspecified atom stereocenters. The minimum atomic E-state index is -0.507. The number of benzene rings is 2. The Morgan fingerprint density at radius 1 is 0.860 bits per heavy atom. The molecule has 2 heterocycles.